The zero-order valence-corrected chi connectivity index (χ0v) is 18.0. The Hall–Kier alpha value is -2.45. The van der Waals surface area contributed by atoms with Crippen LogP contribution in [0.25, 0.3) is 5.69 Å². The first-order chi connectivity index (χ1) is 13.6. The van der Waals surface area contributed by atoms with Crippen molar-refractivity contribution in [1.29, 1.82) is 0 Å². The van der Waals surface area contributed by atoms with Crippen molar-refractivity contribution >= 4 is 23.4 Å². The van der Waals surface area contributed by atoms with E-state index in [0.717, 1.165) is 11.3 Å². The lowest BCUT2D eigenvalue weighted by Crippen LogP contribution is -2.51. The van der Waals surface area contributed by atoms with Crippen LogP contribution in [0.2, 0.25) is 5.02 Å². The van der Waals surface area contributed by atoms with E-state index in [-0.39, 0.29) is 23.8 Å². The standard InChI is InChI=1S/C20H29ClN6O2/c1-5-16(26-18(28)15(22)9-20(2,3)4)19(29)24-10-13-8-14(21)6-7-17(13)27-12-23-11-25-27/h6-8,11-12,15-16H,5,9-10,22H2,1-4H3,(H,24,29)(H,26,28)/t15-,16+/m1/s1. The molecule has 0 fully saturated rings. The highest BCUT2D eigenvalue weighted by atomic mass is 35.5. The smallest absolute Gasteiger partial charge is 0.242 e. The largest absolute Gasteiger partial charge is 0.350 e. The van der Waals surface area contributed by atoms with E-state index in [0.29, 0.717) is 17.9 Å². The highest BCUT2D eigenvalue weighted by molar-refractivity contribution is 6.30. The van der Waals surface area contributed by atoms with Gasteiger partial charge in [-0.3, -0.25) is 9.59 Å². The van der Waals surface area contributed by atoms with Gasteiger partial charge in [-0.1, -0.05) is 39.3 Å². The Labute approximate surface area is 176 Å². The Morgan fingerprint density at radius 1 is 1.28 bits per heavy atom. The summed E-state index contributed by atoms with van der Waals surface area (Å²) in [5.41, 5.74) is 7.45. The molecule has 0 spiro atoms. The van der Waals surface area contributed by atoms with E-state index < -0.39 is 12.1 Å². The number of rotatable bonds is 8. The molecule has 158 valence electrons. The fourth-order valence-electron chi connectivity index (χ4n) is 2.94. The predicted molar refractivity (Wildman–Crippen MR) is 112 cm³/mol. The first-order valence-electron chi connectivity index (χ1n) is 9.58. The SMILES string of the molecule is CC[C@H](NC(=O)[C@H](N)CC(C)(C)C)C(=O)NCc1cc(Cl)ccc1-n1cncn1. The van der Waals surface area contributed by atoms with E-state index in [1.807, 2.05) is 33.8 Å². The van der Waals surface area contributed by atoms with Gasteiger partial charge in [0.25, 0.3) is 0 Å². The molecule has 8 nitrogen and oxygen atoms in total. The van der Waals surface area contributed by atoms with Crippen LogP contribution in [-0.4, -0.2) is 38.7 Å². The number of hydrogen-bond donors (Lipinski definition) is 3. The van der Waals surface area contributed by atoms with Crippen molar-refractivity contribution in [3.63, 3.8) is 0 Å². The van der Waals surface area contributed by atoms with Crippen molar-refractivity contribution in [2.45, 2.75) is 59.2 Å². The van der Waals surface area contributed by atoms with E-state index in [1.165, 1.54) is 6.33 Å². The van der Waals surface area contributed by atoms with Gasteiger partial charge in [0.2, 0.25) is 11.8 Å². The van der Waals surface area contributed by atoms with Crippen molar-refractivity contribution < 1.29 is 9.59 Å². The van der Waals surface area contributed by atoms with Gasteiger partial charge in [-0.2, -0.15) is 5.10 Å². The van der Waals surface area contributed by atoms with Crippen LogP contribution in [0.3, 0.4) is 0 Å². The Kier molecular flexibility index (Phi) is 7.75. The number of benzene rings is 1. The molecule has 0 aliphatic carbocycles. The first kappa shape index (κ1) is 22.8. The molecule has 1 aromatic heterocycles. The van der Waals surface area contributed by atoms with Crippen molar-refractivity contribution in [3.05, 3.63) is 41.4 Å². The summed E-state index contributed by atoms with van der Waals surface area (Å²) in [4.78, 5) is 29.0. The lowest BCUT2D eigenvalue weighted by atomic mass is 9.88. The monoisotopic (exact) mass is 420 g/mol. The lowest BCUT2D eigenvalue weighted by molar-refractivity contribution is -0.130. The number of carbonyl (C=O) groups is 2. The van der Waals surface area contributed by atoms with Gasteiger partial charge in [0.15, 0.2) is 0 Å². The summed E-state index contributed by atoms with van der Waals surface area (Å²) in [6, 6.07) is 3.99. The fraction of sp³-hybridized carbons (Fsp3) is 0.500. The number of nitrogens with one attached hydrogen (secondary N) is 2. The summed E-state index contributed by atoms with van der Waals surface area (Å²) in [7, 11) is 0. The minimum absolute atomic E-state index is 0.0783. The second-order valence-electron chi connectivity index (χ2n) is 8.17. The van der Waals surface area contributed by atoms with Crippen molar-refractivity contribution in [2.75, 3.05) is 0 Å². The summed E-state index contributed by atoms with van der Waals surface area (Å²) < 4.78 is 1.60. The van der Waals surface area contributed by atoms with E-state index in [4.69, 9.17) is 17.3 Å². The minimum Gasteiger partial charge on any atom is -0.350 e. The van der Waals surface area contributed by atoms with Gasteiger partial charge < -0.3 is 16.4 Å². The Morgan fingerprint density at radius 3 is 2.59 bits per heavy atom. The third-order valence-electron chi connectivity index (χ3n) is 4.37. The molecule has 2 amide bonds. The van der Waals surface area contributed by atoms with Gasteiger partial charge in [0, 0.05) is 11.6 Å². The fourth-order valence-corrected chi connectivity index (χ4v) is 3.14. The van der Waals surface area contributed by atoms with Crippen LogP contribution in [0.5, 0.6) is 0 Å². The maximum absolute atomic E-state index is 12.6. The summed E-state index contributed by atoms with van der Waals surface area (Å²) in [5.74, 6) is -0.610. The van der Waals surface area contributed by atoms with E-state index in [9.17, 15) is 9.59 Å². The van der Waals surface area contributed by atoms with E-state index in [1.54, 1.807) is 23.1 Å². The van der Waals surface area contributed by atoms with Crippen LogP contribution in [0.4, 0.5) is 0 Å². The van der Waals surface area contributed by atoms with Gasteiger partial charge in [-0.25, -0.2) is 9.67 Å². The van der Waals surface area contributed by atoms with Crippen LogP contribution >= 0.6 is 11.6 Å². The second kappa shape index (κ2) is 9.84. The molecular weight excluding hydrogens is 392 g/mol. The molecule has 0 saturated heterocycles. The molecule has 0 radical (unpaired) electrons. The minimum atomic E-state index is -0.664. The molecule has 2 atom stereocenters. The van der Waals surface area contributed by atoms with Gasteiger partial charge in [-0.15, -0.1) is 0 Å². The highest BCUT2D eigenvalue weighted by Gasteiger charge is 2.25. The molecule has 9 heteroatoms. The number of nitrogens with two attached hydrogens (primary N) is 1. The molecular formula is C20H29ClN6O2. The van der Waals surface area contributed by atoms with E-state index >= 15 is 0 Å². The van der Waals surface area contributed by atoms with Crippen molar-refractivity contribution in [2.24, 2.45) is 11.1 Å². The Morgan fingerprint density at radius 2 is 2.00 bits per heavy atom. The zero-order chi connectivity index (χ0) is 21.6. The maximum atomic E-state index is 12.6. The van der Waals surface area contributed by atoms with Gasteiger partial charge >= 0.3 is 0 Å². The van der Waals surface area contributed by atoms with Gasteiger partial charge in [0.1, 0.15) is 18.7 Å². The number of aromatic nitrogens is 3. The van der Waals surface area contributed by atoms with E-state index in [2.05, 4.69) is 20.7 Å². The zero-order valence-electron chi connectivity index (χ0n) is 17.3. The summed E-state index contributed by atoms with van der Waals surface area (Å²) in [6.45, 7) is 8.11. The maximum Gasteiger partial charge on any atom is 0.242 e. The average Bonchev–Trinajstić information content (AvgIpc) is 3.17. The number of nitrogens with zero attached hydrogens (tertiary/aromatic N) is 3. The molecule has 0 saturated carbocycles. The average molecular weight is 421 g/mol. The van der Waals surface area contributed by atoms with Crippen LogP contribution < -0.4 is 16.4 Å². The Bertz CT molecular complexity index is 832. The first-order valence-corrected chi connectivity index (χ1v) is 9.95. The lowest BCUT2D eigenvalue weighted by Gasteiger charge is -2.24. The number of amides is 2. The number of hydrogen-bond acceptors (Lipinski definition) is 5. The summed E-state index contributed by atoms with van der Waals surface area (Å²) in [6.07, 6.45) is 3.98. The molecule has 4 N–H and O–H groups in total. The molecule has 0 bridgehead atoms. The number of halogens is 1. The summed E-state index contributed by atoms with van der Waals surface area (Å²) >= 11 is 6.11. The molecule has 0 aliphatic heterocycles. The normalized spacial score (nSPS) is 13.6. The molecule has 2 rings (SSSR count). The third-order valence-corrected chi connectivity index (χ3v) is 4.61. The summed E-state index contributed by atoms with van der Waals surface area (Å²) in [5, 5.41) is 10.3. The van der Waals surface area contributed by atoms with Gasteiger partial charge in [0.05, 0.1) is 11.7 Å². The van der Waals surface area contributed by atoms with Gasteiger partial charge in [-0.05, 0) is 42.0 Å². The van der Waals surface area contributed by atoms with Crippen LogP contribution in [0, 0.1) is 5.41 Å². The van der Waals surface area contributed by atoms with Crippen molar-refractivity contribution in [3.8, 4) is 5.69 Å². The van der Waals surface area contributed by atoms with Crippen LogP contribution in [0.1, 0.15) is 46.1 Å². The topological polar surface area (TPSA) is 115 Å². The molecule has 0 aliphatic rings. The second-order valence-corrected chi connectivity index (χ2v) is 8.61. The molecule has 2 aromatic rings. The van der Waals surface area contributed by atoms with Crippen molar-refractivity contribution in [1.82, 2.24) is 25.4 Å². The van der Waals surface area contributed by atoms with Crippen LogP contribution in [-0.2, 0) is 16.1 Å². The number of carbonyl (C=O) groups excluding carboxylic acids is 2. The predicted octanol–water partition coefficient (Wildman–Crippen LogP) is 2.20. The molecule has 1 heterocycles. The third kappa shape index (κ3) is 6.83. The molecule has 0 unspecified atom stereocenters. The molecule has 29 heavy (non-hydrogen) atoms. The Balaban J connectivity index is 2.02. The molecule has 1 aromatic carbocycles. The quantitative estimate of drug-likeness (QED) is 0.605. The highest BCUT2D eigenvalue weighted by Crippen LogP contribution is 2.20. The van der Waals surface area contributed by atoms with Crippen LogP contribution in [0.15, 0.2) is 30.9 Å².